The van der Waals surface area contributed by atoms with Crippen LogP contribution in [0.15, 0.2) is 30.3 Å². The van der Waals surface area contributed by atoms with Crippen molar-refractivity contribution in [1.82, 2.24) is 5.32 Å². The van der Waals surface area contributed by atoms with Crippen LogP contribution in [0, 0.1) is 5.82 Å². The SMILES string of the molecule is O=C(/C=C/c1ccccc1F)NC1CCCCCC1. The van der Waals surface area contributed by atoms with Gasteiger partial charge in [-0.05, 0) is 25.0 Å². The van der Waals surface area contributed by atoms with Crippen LogP contribution in [0.2, 0.25) is 0 Å². The second kappa shape index (κ2) is 7.07. The van der Waals surface area contributed by atoms with Crippen molar-refractivity contribution in [2.45, 2.75) is 44.6 Å². The molecule has 3 heteroatoms. The van der Waals surface area contributed by atoms with Gasteiger partial charge in [0.15, 0.2) is 0 Å². The fraction of sp³-hybridized carbons (Fsp3) is 0.438. The van der Waals surface area contributed by atoms with Crippen LogP contribution in [-0.2, 0) is 4.79 Å². The molecular formula is C16H20FNO. The molecule has 1 N–H and O–H groups in total. The number of halogens is 1. The molecular weight excluding hydrogens is 241 g/mol. The monoisotopic (exact) mass is 261 g/mol. The van der Waals surface area contributed by atoms with Crippen LogP contribution >= 0.6 is 0 Å². The zero-order chi connectivity index (χ0) is 13.5. The molecule has 1 aromatic carbocycles. The molecule has 1 fully saturated rings. The summed E-state index contributed by atoms with van der Waals surface area (Å²) in [6, 6.07) is 6.72. The molecule has 19 heavy (non-hydrogen) atoms. The van der Waals surface area contributed by atoms with E-state index in [0.29, 0.717) is 5.56 Å². The molecule has 0 heterocycles. The number of rotatable bonds is 3. The van der Waals surface area contributed by atoms with Crippen LogP contribution in [-0.4, -0.2) is 11.9 Å². The molecule has 1 aromatic rings. The van der Waals surface area contributed by atoms with Gasteiger partial charge in [0.05, 0.1) is 0 Å². The first kappa shape index (κ1) is 13.8. The lowest BCUT2D eigenvalue weighted by Gasteiger charge is -2.14. The normalized spacial score (nSPS) is 17.3. The first-order chi connectivity index (χ1) is 9.25. The zero-order valence-electron chi connectivity index (χ0n) is 11.1. The summed E-state index contributed by atoms with van der Waals surface area (Å²) in [5.74, 6) is -0.434. The van der Waals surface area contributed by atoms with Crippen molar-refractivity contribution in [3.05, 3.63) is 41.7 Å². The number of carbonyl (C=O) groups is 1. The first-order valence-corrected chi connectivity index (χ1v) is 6.99. The van der Waals surface area contributed by atoms with Crippen molar-refractivity contribution < 1.29 is 9.18 Å². The first-order valence-electron chi connectivity index (χ1n) is 6.99. The number of hydrogen-bond donors (Lipinski definition) is 1. The van der Waals surface area contributed by atoms with Gasteiger partial charge in [-0.15, -0.1) is 0 Å². The molecule has 2 nitrogen and oxygen atoms in total. The van der Waals surface area contributed by atoms with Crippen molar-refractivity contribution in [2.24, 2.45) is 0 Å². The molecule has 1 amide bonds. The maximum Gasteiger partial charge on any atom is 0.244 e. The van der Waals surface area contributed by atoms with Gasteiger partial charge in [0.2, 0.25) is 5.91 Å². The van der Waals surface area contributed by atoms with Gasteiger partial charge in [0.25, 0.3) is 0 Å². The van der Waals surface area contributed by atoms with Crippen LogP contribution < -0.4 is 5.32 Å². The largest absolute Gasteiger partial charge is 0.350 e. The number of amides is 1. The molecule has 0 atom stereocenters. The minimum atomic E-state index is -0.305. The van der Waals surface area contributed by atoms with E-state index in [2.05, 4.69) is 5.32 Å². The van der Waals surface area contributed by atoms with E-state index in [1.54, 1.807) is 18.2 Å². The third-order valence-electron chi connectivity index (χ3n) is 3.52. The van der Waals surface area contributed by atoms with Gasteiger partial charge < -0.3 is 5.32 Å². The Hall–Kier alpha value is -1.64. The van der Waals surface area contributed by atoms with Crippen molar-refractivity contribution >= 4 is 12.0 Å². The van der Waals surface area contributed by atoms with Gasteiger partial charge in [-0.3, -0.25) is 4.79 Å². The summed E-state index contributed by atoms with van der Waals surface area (Å²) in [6.07, 6.45) is 9.95. The van der Waals surface area contributed by atoms with E-state index in [1.807, 2.05) is 0 Å². The number of benzene rings is 1. The van der Waals surface area contributed by atoms with Crippen LogP contribution in [0.4, 0.5) is 4.39 Å². The van der Waals surface area contributed by atoms with Gasteiger partial charge in [0, 0.05) is 17.7 Å². The predicted octanol–water partition coefficient (Wildman–Crippen LogP) is 3.68. The van der Waals surface area contributed by atoms with Gasteiger partial charge in [0.1, 0.15) is 5.82 Å². The van der Waals surface area contributed by atoms with E-state index in [-0.39, 0.29) is 17.8 Å². The second-order valence-corrected chi connectivity index (χ2v) is 5.05. The molecule has 0 radical (unpaired) electrons. The molecule has 0 spiro atoms. The predicted molar refractivity (Wildman–Crippen MR) is 75.1 cm³/mol. The topological polar surface area (TPSA) is 29.1 Å². The highest BCUT2D eigenvalue weighted by atomic mass is 19.1. The van der Waals surface area contributed by atoms with E-state index in [4.69, 9.17) is 0 Å². The van der Waals surface area contributed by atoms with Crippen molar-refractivity contribution in [3.63, 3.8) is 0 Å². The van der Waals surface area contributed by atoms with E-state index in [1.165, 1.54) is 43.9 Å². The lowest BCUT2D eigenvalue weighted by atomic mass is 10.1. The molecule has 1 aliphatic carbocycles. The third kappa shape index (κ3) is 4.51. The standard InChI is InChI=1S/C16H20FNO/c17-15-10-6-5-7-13(15)11-12-16(19)18-14-8-3-1-2-4-9-14/h5-7,10-12,14H,1-4,8-9H2,(H,18,19)/b12-11+. The molecule has 1 saturated carbocycles. The fourth-order valence-corrected chi connectivity index (χ4v) is 2.45. The Labute approximate surface area is 113 Å². The summed E-state index contributed by atoms with van der Waals surface area (Å²) in [5, 5.41) is 3.00. The lowest BCUT2D eigenvalue weighted by Crippen LogP contribution is -2.33. The Bertz CT molecular complexity index is 448. The van der Waals surface area contributed by atoms with Crippen molar-refractivity contribution in [1.29, 1.82) is 0 Å². The van der Waals surface area contributed by atoms with Gasteiger partial charge in [-0.2, -0.15) is 0 Å². The quantitative estimate of drug-likeness (QED) is 0.652. The smallest absolute Gasteiger partial charge is 0.244 e. The summed E-state index contributed by atoms with van der Waals surface area (Å²) >= 11 is 0. The number of carbonyl (C=O) groups excluding carboxylic acids is 1. The van der Waals surface area contributed by atoms with Gasteiger partial charge in [-0.1, -0.05) is 43.9 Å². The Kier molecular flexibility index (Phi) is 5.13. The molecule has 102 valence electrons. The number of hydrogen-bond acceptors (Lipinski definition) is 1. The maximum atomic E-state index is 13.4. The summed E-state index contributed by atoms with van der Waals surface area (Å²) in [5.41, 5.74) is 0.443. The van der Waals surface area contributed by atoms with Gasteiger partial charge >= 0.3 is 0 Å². The fourth-order valence-electron chi connectivity index (χ4n) is 2.45. The molecule has 0 saturated heterocycles. The van der Waals surface area contributed by atoms with Crippen LogP contribution in [0.1, 0.15) is 44.1 Å². The van der Waals surface area contributed by atoms with Crippen LogP contribution in [0.25, 0.3) is 6.08 Å². The van der Waals surface area contributed by atoms with E-state index >= 15 is 0 Å². The molecule has 1 aliphatic rings. The third-order valence-corrected chi connectivity index (χ3v) is 3.52. The molecule has 0 bridgehead atoms. The maximum absolute atomic E-state index is 13.4. The highest BCUT2D eigenvalue weighted by molar-refractivity contribution is 5.91. The highest BCUT2D eigenvalue weighted by Gasteiger charge is 2.13. The van der Waals surface area contributed by atoms with Crippen molar-refractivity contribution in [2.75, 3.05) is 0 Å². The Morgan fingerprint density at radius 2 is 1.84 bits per heavy atom. The van der Waals surface area contributed by atoms with E-state index in [0.717, 1.165) is 12.8 Å². The van der Waals surface area contributed by atoms with Crippen LogP contribution in [0.3, 0.4) is 0 Å². The summed E-state index contributed by atoms with van der Waals surface area (Å²) in [6.45, 7) is 0. The molecule has 2 rings (SSSR count). The minimum absolute atomic E-state index is 0.129. The number of nitrogens with one attached hydrogen (secondary N) is 1. The van der Waals surface area contributed by atoms with Gasteiger partial charge in [-0.25, -0.2) is 4.39 Å². The Morgan fingerprint density at radius 1 is 1.16 bits per heavy atom. The second-order valence-electron chi connectivity index (χ2n) is 5.05. The van der Waals surface area contributed by atoms with E-state index in [9.17, 15) is 9.18 Å². The Morgan fingerprint density at radius 3 is 2.53 bits per heavy atom. The molecule has 0 aliphatic heterocycles. The molecule has 0 aromatic heterocycles. The average Bonchev–Trinajstić information content (AvgIpc) is 2.66. The van der Waals surface area contributed by atoms with Crippen molar-refractivity contribution in [3.8, 4) is 0 Å². The average molecular weight is 261 g/mol. The lowest BCUT2D eigenvalue weighted by molar-refractivity contribution is -0.117. The highest BCUT2D eigenvalue weighted by Crippen LogP contribution is 2.17. The summed E-state index contributed by atoms with van der Waals surface area (Å²) in [7, 11) is 0. The minimum Gasteiger partial charge on any atom is -0.350 e. The zero-order valence-corrected chi connectivity index (χ0v) is 11.1. The van der Waals surface area contributed by atoms with E-state index < -0.39 is 0 Å². The molecule has 0 unspecified atom stereocenters. The Balaban J connectivity index is 1.88. The van der Waals surface area contributed by atoms with Crippen LogP contribution in [0.5, 0.6) is 0 Å². The summed E-state index contributed by atoms with van der Waals surface area (Å²) < 4.78 is 13.4. The summed E-state index contributed by atoms with van der Waals surface area (Å²) in [4.78, 5) is 11.8.